The summed E-state index contributed by atoms with van der Waals surface area (Å²) in [6, 6.07) is 9.30. The number of aliphatic hydroxyl groups is 1. The molecular formula is C15H14F3NO2. The summed E-state index contributed by atoms with van der Waals surface area (Å²) in [5.74, 6) is -4.35. The van der Waals surface area contributed by atoms with E-state index in [1.807, 2.05) is 30.3 Å². The summed E-state index contributed by atoms with van der Waals surface area (Å²) in [4.78, 5) is 4.40. The summed E-state index contributed by atoms with van der Waals surface area (Å²) in [5, 5.41) is 13.4. The van der Waals surface area contributed by atoms with Gasteiger partial charge >= 0.3 is 12.0 Å². The van der Waals surface area contributed by atoms with E-state index in [0.717, 1.165) is 5.56 Å². The van der Waals surface area contributed by atoms with E-state index < -0.39 is 17.9 Å². The SMILES string of the molecule is O[C@@]1(C(F)(F)F)ON=C2/C(=C/c3ccccc3)CCC[C@H]21. The van der Waals surface area contributed by atoms with Crippen molar-refractivity contribution in [2.24, 2.45) is 11.1 Å². The number of rotatable bonds is 1. The molecule has 0 saturated heterocycles. The fraction of sp³-hybridized carbons (Fsp3) is 0.400. The maximum Gasteiger partial charge on any atom is 0.458 e. The van der Waals surface area contributed by atoms with Gasteiger partial charge in [0.15, 0.2) is 0 Å². The Morgan fingerprint density at radius 1 is 1.29 bits per heavy atom. The highest BCUT2D eigenvalue weighted by atomic mass is 19.4. The number of hydrogen-bond acceptors (Lipinski definition) is 3. The van der Waals surface area contributed by atoms with E-state index >= 15 is 0 Å². The van der Waals surface area contributed by atoms with Gasteiger partial charge in [-0.25, -0.2) is 0 Å². The summed E-state index contributed by atoms with van der Waals surface area (Å²) in [5.41, 5.74) is 1.79. The lowest BCUT2D eigenvalue weighted by molar-refractivity contribution is -0.370. The first-order valence-electron chi connectivity index (χ1n) is 6.73. The predicted octanol–water partition coefficient (Wildman–Crippen LogP) is 3.51. The lowest BCUT2D eigenvalue weighted by atomic mass is 9.78. The Bertz CT molecular complexity index is 595. The second-order valence-electron chi connectivity index (χ2n) is 5.29. The van der Waals surface area contributed by atoms with Crippen molar-refractivity contribution in [3.63, 3.8) is 0 Å². The Labute approximate surface area is 119 Å². The summed E-state index contributed by atoms with van der Waals surface area (Å²) in [7, 11) is 0. The van der Waals surface area contributed by atoms with Gasteiger partial charge in [0.05, 0.1) is 11.6 Å². The molecule has 0 radical (unpaired) electrons. The molecule has 112 valence electrons. The van der Waals surface area contributed by atoms with Crippen LogP contribution in [0.1, 0.15) is 24.8 Å². The van der Waals surface area contributed by atoms with Crippen molar-refractivity contribution in [3.8, 4) is 0 Å². The van der Waals surface area contributed by atoms with E-state index in [1.165, 1.54) is 0 Å². The van der Waals surface area contributed by atoms with Crippen molar-refractivity contribution in [3.05, 3.63) is 41.5 Å². The van der Waals surface area contributed by atoms with Crippen LogP contribution in [0.5, 0.6) is 0 Å². The first-order chi connectivity index (χ1) is 9.92. The summed E-state index contributed by atoms with van der Waals surface area (Å²) < 4.78 is 39.0. The Balaban J connectivity index is 1.93. The average molecular weight is 297 g/mol. The van der Waals surface area contributed by atoms with Gasteiger partial charge in [-0.05, 0) is 36.5 Å². The Morgan fingerprint density at radius 3 is 2.67 bits per heavy atom. The van der Waals surface area contributed by atoms with Crippen molar-refractivity contribution >= 4 is 11.8 Å². The average Bonchev–Trinajstić information content (AvgIpc) is 2.80. The normalized spacial score (nSPS) is 30.8. The van der Waals surface area contributed by atoms with Gasteiger partial charge in [-0.3, -0.25) is 0 Å². The van der Waals surface area contributed by atoms with E-state index in [2.05, 4.69) is 9.99 Å². The zero-order valence-corrected chi connectivity index (χ0v) is 11.1. The highest BCUT2D eigenvalue weighted by Gasteiger charge is 2.66. The maximum absolute atomic E-state index is 13.0. The zero-order valence-electron chi connectivity index (χ0n) is 11.1. The number of hydrogen-bond donors (Lipinski definition) is 1. The summed E-state index contributed by atoms with van der Waals surface area (Å²) in [6.07, 6.45) is -1.67. The smallest absolute Gasteiger partial charge is 0.349 e. The quantitative estimate of drug-likeness (QED) is 0.862. The molecule has 0 unspecified atom stereocenters. The molecule has 6 heteroatoms. The molecule has 1 aliphatic carbocycles. The van der Waals surface area contributed by atoms with Gasteiger partial charge in [0.1, 0.15) is 0 Å². The fourth-order valence-electron chi connectivity index (χ4n) is 2.82. The number of alkyl halides is 3. The van der Waals surface area contributed by atoms with Gasteiger partial charge in [0, 0.05) is 0 Å². The molecule has 1 aliphatic heterocycles. The van der Waals surface area contributed by atoms with Gasteiger partial charge in [-0.15, -0.1) is 0 Å². The van der Waals surface area contributed by atoms with Gasteiger partial charge in [-0.1, -0.05) is 35.5 Å². The molecule has 3 nitrogen and oxygen atoms in total. The standard InChI is InChI=1S/C15H14F3NO2/c16-15(17,18)14(20)12-8-4-7-11(13(12)19-21-14)9-10-5-2-1-3-6-10/h1-3,5-6,9,12,20H,4,7-8H2/b11-9+/t12-,14-/m1/s1. The van der Waals surface area contributed by atoms with Crippen molar-refractivity contribution in [2.45, 2.75) is 31.2 Å². The third-order valence-corrected chi connectivity index (χ3v) is 3.90. The lowest BCUT2D eigenvalue weighted by Crippen LogP contribution is -2.52. The number of nitrogens with zero attached hydrogens (tertiary/aromatic N) is 1. The van der Waals surface area contributed by atoms with Gasteiger partial charge in [0.25, 0.3) is 0 Å². The largest absolute Gasteiger partial charge is 0.458 e. The van der Waals surface area contributed by atoms with Crippen molar-refractivity contribution < 1.29 is 23.1 Å². The number of fused-ring (bicyclic) bond motifs is 1. The summed E-state index contributed by atoms with van der Waals surface area (Å²) in [6.45, 7) is 0. The third-order valence-electron chi connectivity index (χ3n) is 3.90. The molecule has 0 spiro atoms. The monoisotopic (exact) mass is 297 g/mol. The molecule has 1 saturated carbocycles. The molecule has 2 atom stereocenters. The van der Waals surface area contributed by atoms with Crippen LogP contribution >= 0.6 is 0 Å². The maximum atomic E-state index is 13.0. The van der Waals surface area contributed by atoms with Crippen LogP contribution in [0.15, 0.2) is 41.1 Å². The molecule has 0 bridgehead atoms. The van der Waals surface area contributed by atoms with E-state index in [9.17, 15) is 18.3 Å². The molecule has 1 aromatic rings. The zero-order chi connectivity index (χ0) is 15.1. The summed E-state index contributed by atoms with van der Waals surface area (Å²) >= 11 is 0. The van der Waals surface area contributed by atoms with Crippen LogP contribution in [-0.4, -0.2) is 22.8 Å². The molecule has 1 aromatic carbocycles. The van der Waals surface area contributed by atoms with Gasteiger partial charge < -0.3 is 9.94 Å². The van der Waals surface area contributed by atoms with E-state index in [0.29, 0.717) is 18.4 Å². The molecule has 2 aliphatic rings. The first-order valence-corrected chi connectivity index (χ1v) is 6.73. The van der Waals surface area contributed by atoms with Crippen LogP contribution in [0.2, 0.25) is 0 Å². The van der Waals surface area contributed by atoms with Crippen LogP contribution in [0.25, 0.3) is 6.08 Å². The topological polar surface area (TPSA) is 41.8 Å². The Morgan fingerprint density at radius 2 is 2.00 bits per heavy atom. The Hall–Kier alpha value is -1.82. The minimum absolute atomic E-state index is 0.209. The molecule has 0 amide bonds. The molecule has 1 heterocycles. The van der Waals surface area contributed by atoms with Gasteiger partial charge in [0.2, 0.25) is 0 Å². The second-order valence-corrected chi connectivity index (χ2v) is 5.29. The fourth-order valence-corrected chi connectivity index (χ4v) is 2.82. The highest BCUT2D eigenvalue weighted by molar-refractivity contribution is 6.06. The molecular weight excluding hydrogens is 283 g/mol. The van der Waals surface area contributed by atoms with E-state index in [4.69, 9.17) is 0 Å². The minimum Gasteiger partial charge on any atom is -0.349 e. The second kappa shape index (κ2) is 4.87. The molecule has 0 aromatic heterocycles. The first kappa shape index (κ1) is 14.1. The predicted molar refractivity (Wildman–Crippen MR) is 71.3 cm³/mol. The van der Waals surface area contributed by atoms with E-state index in [-0.39, 0.29) is 12.1 Å². The van der Waals surface area contributed by atoms with Crippen LogP contribution in [0, 0.1) is 5.92 Å². The van der Waals surface area contributed by atoms with E-state index in [1.54, 1.807) is 6.08 Å². The number of allylic oxidation sites excluding steroid dienone is 1. The minimum atomic E-state index is -4.86. The van der Waals surface area contributed by atoms with Crippen LogP contribution < -0.4 is 0 Å². The Kier molecular flexibility index (Phi) is 3.28. The molecule has 21 heavy (non-hydrogen) atoms. The van der Waals surface area contributed by atoms with Crippen LogP contribution in [-0.2, 0) is 4.84 Å². The van der Waals surface area contributed by atoms with Crippen molar-refractivity contribution in [2.75, 3.05) is 0 Å². The third kappa shape index (κ3) is 2.33. The lowest BCUT2D eigenvalue weighted by Gasteiger charge is -2.32. The van der Waals surface area contributed by atoms with Crippen LogP contribution in [0.4, 0.5) is 13.2 Å². The van der Waals surface area contributed by atoms with Crippen LogP contribution in [0.3, 0.4) is 0 Å². The molecule has 3 rings (SSSR count). The molecule has 1 fully saturated rings. The number of oxime groups is 1. The van der Waals surface area contributed by atoms with Crippen molar-refractivity contribution in [1.82, 2.24) is 0 Å². The number of benzene rings is 1. The highest BCUT2D eigenvalue weighted by Crippen LogP contribution is 2.47. The molecule has 1 N–H and O–H groups in total. The van der Waals surface area contributed by atoms with Gasteiger partial charge in [-0.2, -0.15) is 13.2 Å². The van der Waals surface area contributed by atoms with Crippen molar-refractivity contribution in [1.29, 1.82) is 0 Å². The number of halogens is 3.